The molecule has 0 amide bonds. The largest absolute Gasteiger partial charge is 0.488 e. The van der Waals surface area contributed by atoms with Crippen molar-refractivity contribution >= 4 is 5.97 Å². The first kappa shape index (κ1) is 28.7. The quantitative estimate of drug-likeness (QED) is 0.342. The highest BCUT2D eigenvalue weighted by Crippen LogP contribution is 2.25. The summed E-state index contributed by atoms with van der Waals surface area (Å²) in [5, 5.41) is 0. The first-order valence-electron chi connectivity index (χ1n) is 12.5. The van der Waals surface area contributed by atoms with Crippen LogP contribution in [0.4, 0.5) is 0 Å². The smallest absolute Gasteiger partial charge is 0.313 e. The SMILES string of the molecule is CCC1CCCCC1.Cc1ccc(OC(=O)C(C)C)cc1.Cc1ccc(OC(C)(C)C)cc1. The third-order valence-electron chi connectivity index (χ3n) is 5.46. The lowest BCUT2D eigenvalue weighted by Gasteiger charge is -2.21. The summed E-state index contributed by atoms with van der Waals surface area (Å²) in [6.45, 7) is 16.2. The number of carbonyl (C=O) groups excluding carboxylic acids is 1. The summed E-state index contributed by atoms with van der Waals surface area (Å²) in [6, 6.07) is 15.6. The maximum atomic E-state index is 11.2. The van der Waals surface area contributed by atoms with E-state index in [4.69, 9.17) is 9.47 Å². The lowest BCUT2D eigenvalue weighted by atomic mass is 9.88. The Morgan fingerprint density at radius 2 is 1.30 bits per heavy atom. The Bertz CT molecular complexity index is 777. The highest BCUT2D eigenvalue weighted by molar-refractivity contribution is 5.74. The fourth-order valence-corrected chi connectivity index (χ4v) is 3.40. The molecule has 2 aromatic rings. The van der Waals surface area contributed by atoms with Crippen LogP contribution in [0.1, 0.15) is 91.2 Å². The van der Waals surface area contributed by atoms with Gasteiger partial charge in [0, 0.05) is 0 Å². The molecule has 3 rings (SSSR count). The third-order valence-corrected chi connectivity index (χ3v) is 5.46. The molecule has 0 aliphatic heterocycles. The Hall–Kier alpha value is -2.29. The molecular weight excluding hydrogens is 408 g/mol. The van der Waals surface area contributed by atoms with Crippen molar-refractivity contribution in [3.63, 3.8) is 0 Å². The van der Waals surface area contributed by atoms with Gasteiger partial charge < -0.3 is 9.47 Å². The number of hydrogen-bond donors (Lipinski definition) is 0. The average molecular weight is 455 g/mol. The fourth-order valence-electron chi connectivity index (χ4n) is 3.40. The van der Waals surface area contributed by atoms with Crippen molar-refractivity contribution in [1.29, 1.82) is 0 Å². The monoisotopic (exact) mass is 454 g/mol. The molecular formula is C30H46O3. The summed E-state index contributed by atoms with van der Waals surface area (Å²) in [6.07, 6.45) is 8.93. The summed E-state index contributed by atoms with van der Waals surface area (Å²) in [4.78, 5) is 11.2. The Morgan fingerprint density at radius 1 is 0.848 bits per heavy atom. The molecule has 1 aliphatic rings. The molecule has 2 aromatic carbocycles. The molecule has 1 aliphatic carbocycles. The minimum atomic E-state index is -0.191. The molecule has 0 aromatic heterocycles. The summed E-state index contributed by atoms with van der Waals surface area (Å²) in [5.74, 6) is 2.37. The molecule has 184 valence electrons. The second-order valence-corrected chi connectivity index (χ2v) is 10.3. The zero-order valence-corrected chi connectivity index (χ0v) is 22.2. The number of esters is 1. The molecule has 0 N–H and O–H groups in total. The van der Waals surface area contributed by atoms with Crippen LogP contribution in [0.5, 0.6) is 11.5 Å². The minimum Gasteiger partial charge on any atom is -0.488 e. The number of rotatable bonds is 4. The standard InChI is InChI=1S/C11H14O2.C11H16O.C8H16/c1-8(2)11(12)13-10-6-4-9(3)5-7-10;1-9-5-7-10(8-6-9)12-11(2,3)4;1-2-8-6-4-3-5-7-8/h4-8H,1-3H3;5-8H,1-4H3;8H,2-7H2,1H3. The van der Waals surface area contributed by atoms with E-state index in [1.807, 2.05) is 65.8 Å². The van der Waals surface area contributed by atoms with Gasteiger partial charge in [0.25, 0.3) is 0 Å². The van der Waals surface area contributed by atoms with Crippen LogP contribution >= 0.6 is 0 Å². The van der Waals surface area contributed by atoms with Gasteiger partial charge in [-0.2, -0.15) is 0 Å². The molecule has 0 bridgehead atoms. The van der Waals surface area contributed by atoms with Crippen LogP contribution in [0.2, 0.25) is 0 Å². The fraction of sp³-hybridized carbons (Fsp3) is 0.567. The van der Waals surface area contributed by atoms with E-state index in [9.17, 15) is 4.79 Å². The van der Waals surface area contributed by atoms with E-state index in [2.05, 4.69) is 26.0 Å². The van der Waals surface area contributed by atoms with Crippen LogP contribution in [-0.4, -0.2) is 11.6 Å². The third kappa shape index (κ3) is 13.8. The van der Waals surface area contributed by atoms with Crippen LogP contribution < -0.4 is 9.47 Å². The summed E-state index contributed by atoms with van der Waals surface area (Å²) in [5.41, 5.74) is 2.32. The second kappa shape index (κ2) is 14.8. The normalized spacial score (nSPS) is 13.8. The Kier molecular flexibility index (Phi) is 12.9. The van der Waals surface area contributed by atoms with Gasteiger partial charge in [-0.3, -0.25) is 4.79 Å². The predicted molar refractivity (Wildman–Crippen MR) is 140 cm³/mol. The van der Waals surface area contributed by atoms with Crippen molar-refractivity contribution in [3.8, 4) is 11.5 Å². The Morgan fingerprint density at radius 3 is 1.67 bits per heavy atom. The van der Waals surface area contributed by atoms with Gasteiger partial charge in [0.2, 0.25) is 0 Å². The van der Waals surface area contributed by atoms with E-state index < -0.39 is 0 Å². The van der Waals surface area contributed by atoms with Crippen molar-refractivity contribution < 1.29 is 14.3 Å². The number of ether oxygens (including phenoxy) is 2. The maximum Gasteiger partial charge on any atom is 0.313 e. The molecule has 0 atom stereocenters. The van der Waals surface area contributed by atoms with E-state index in [1.54, 1.807) is 12.1 Å². The van der Waals surface area contributed by atoms with Gasteiger partial charge in [-0.15, -0.1) is 0 Å². The van der Waals surface area contributed by atoms with Crippen LogP contribution in [0.25, 0.3) is 0 Å². The zero-order valence-electron chi connectivity index (χ0n) is 22.2. The predicted octanol–water partition coefficient (Wildman–Crippen LogP) is 8.71. The highest BCUT2D eigenvalue weighted by atomic mass is 16.5. The number of aryl methyl sites for hydroxylation is 2. The van der Waals surface area contributed by atoms with Crippen LogP contribution in [0.15, 0.2) is 48.5 Å². The first-order chi connectivity index (χ1) is 15.5. The van der Waals surface area contributed by atoms with Gasteiger partial charge in [-0.1, -0.05) is 94.7 Å². The van der Waals surface area contributed by atoms with E-state index in [0.29, 0.717) is 5.75 Å². The second-order valence-electron chi connectivity index (χ2n) is 10.3. The lowest BCUT2D eigenvalue weighted by Crippen LogP contribution is -2.22. The number of hydrogen-bond acceptors (Lipinski definition) is 3. The average Bonchev–Trinajstić information content (AvgIpc) is 2.77. The van der Waals surface area contributed by atoms with Crippen LogP contribution in [-0.2, 0) is 4.79 Å². The van der Waals surface area contributed by atoms with Crippen LogP contribution in [0.3, 0.4) is 0 Å². The van der Waals surface area contributed by atoms with Crippen LogP contribution in [0, 0.1) is 25.7 Å². The number of carbonyl (C=O) groups is 1. The highest BCUT2D eigenvalue weighted by Gasteiger charge is 2.11. The van der Waals surface area contributed by atoms with Crippen molar-refractivity contribution in [1.82, 2.24) is 0 Å². The Labute approximate surface area is 202 Å². The maximum absolute atomic E-state index is 11.2. The van der Waals surface area contributed by atoms with Gasteiger partial charge in [0.1, 0.15) is 17.1 Å². The van der Waals surface area contributed by atoms with E-state index in [1.165, 1.54) is 44.1 Å². The Balaban J connectivity index is 0.000000254. The molecule has 33 heavy (non-hydrogen) atoms. The molecule has 0 saturated heterocycles. The molecule has 0 radical (unpaired) electrons. The summed E-state index contributed by atoms with van der Waals surface area (Å²) >= 11 is 0. The zero-order chi connectivity index (χ0) is 24.9. The van der Waals surface area contributed by atoms with Gasteiger partial charge in [0.05, 0.1) is 5.92 Å². The van der Waals surface area contributed by atoms with Gasteiger partial charge >= 0.3 is 5.97 Å². The van der Waals surface area contributed by atoms with Gasteiger partial charge in [-0.25, -0.2) is 0 Å². The van der Waals surface area contributed by atoms with E-state index in [0.717, 1.165) is 17.2 Å². The molecule has 0 unspecified atom stereocenters. The molecule has 1 saturated carbocycles. The molecule has 1 fully saturated rings. The number of benzene rings is 2. The van der Waals surface area contributed by atoms with Crippen molar-refractivity contribution in [3.05, 3.63) is 59.7 Å². The lowest BCUT2D eigenvalue weighted by molar-refractivity contribution is -0.137. The molecule has 3 heteroatoms. The van der Waals surface area contributed by atoms with Gasteiger partial charge in [-0.05, 0) is 64.8 Å². The minimum absolute atomic E-state index is 0.0821. The van der Waals surface area contributed by atoms with Gasteiger partial charge in [0.15, 0.2) is 0 Å². The van der Waals surface area contributed by atoms with Crippen molar-refractivity contribution in [2.24, 2.45) is 11.8 Å². The van der Waals surface area contributed by atoms with E-state index >= 15 is 0 Å². The molecule has 0 spiro atoms. The first-order valence-corrected chi connectivity index (χ1v) is 12.5. The molecule has 0 heterocycles. The van der Waals surface area contributed by atoms with E-state index in [-0.39, 0.29) is 17.5 Å². The van der Waals surface area contributed by atoms with Crippen molar-refractivity contribution in [2.75, 3.05) is 0 Å². The summed E-state index contributed by atoms with van der Waals surface area (Å²) < 4.78 is 10.7. The topological polar surface area (TPSA) is 35.5 Å². The summed E-state index contributed by atoms with van der Waals surface area (Å²) in [7, 11) is 0. The molecule has 3 nitrogen and oxygen atoms in total. The van der Waals surface area contributed by atoms with Crippen molar-refractivity contribution in [2.45, 2.75) is 99.5 Å².